The fourth-order valence-electron chi connectivity index (χ4n) is 2.74. The fourth-order valence-corrected chi connectivity index (χ4v) is 2.74. The highest BCUT2D eigenvalue weighted by Gasteiger charge is 2.41. The summed E-state index contributed by atoms with van der Waals surface area (Å²) in [5.74, 6) is 1.53. The molecule has 3 nitrogen and oxygen atoms in total. The van der Waals surface area contributed by atoms with Crippen molar-refractivity contribution in [1.29, 1.82) is 0 Å². The fraction of sp³-hybridized carbons (Fsp3) is 0.625. The van der Waals surface area contributed by atoms with Crippen LogP contribution in [0.2, 0.25) is 0 Å². The van der Waals surface area contributed by atoms with Crippen LogP contribution in [0.25, 0.3) is 0 Å². The lowest BCUT2D eigenvalue weighted by molar-refractivity contribution is 0.143. The average molecular weight is 263 g/mol. The van der Waals surface area contributed by atoms with E-state index in [2.05, 4.69) is 31.3 Å². The van der Waals surface area contributed by atoms with Gasteiger partial charge >= 0.3 is 0 Å². The number of hydrogen-bond donors (Lipinski definition) is 2. The Morgan fingerprint density at radius 3 is 2.47 bits per heavy atom. The van der Waals surface area contributed by atoms with Crippen LogP contribution in [-0.4, -0.2) is 30.4 Å². The van der Waals surface area contributed by atoms with E-state index in [1.54, 1.807) is 7.11 Å². The van der Waals surface area contributed by atoms with Crippen LogP contribution in [0.1, 0.15) is 32.3 Å². The van der Waals surface area contributed by atoms with Crippen molar-refractivity contribution in [2.75, 3.05) is 13.7 Å². The lowest BCUT2D eigenvalue weighted by Crippen LogP contribution is -2.52. The van der Waals surface area contributed by atoms with E-state index < -0.39 is 0 Å². The number of aliphatic hydroxyl groups is 1. The van der Waals surface area contributed by atoms with Gasteiger partial charge in [0.05, 0.1) is 13.7 Å². The number of nitrogens with one attached hydrogen (secondary N) is 1. The number of rotatable bonds is 7. The van der Waals surface area contributed by atoms with Crippen LogP contribution in [0, 0.1) is 5.92 Å². The molecule has 0 saturated heterocycles. The van der Waals surface area contributed by atoms with E-state index in [4.69, 9.17) is 4.74 Å². The van der Waals surface area contributed by atoms with E-state index >= 15 is 0 Å². The van der Waals surface area contributed by atoms with Gasteiger partial charge in [0, 0.05) is 11.6 Å². The summed E-state index contributed by atoms with van der Waals surface area (Å²) in [5.41, 5.74) is 1.17. The van der Waals surface area contributed by atoms with Gasteiger partial charge in [-0.15, -0.1) is 0 Å². The SMILES string of the molecule is COc1ccc(CC(C)NC(C)(CO)C2CC2)cc1. The van der Waals surface area contributed by atoms with Crippen molar-refractivity contribution in [3.63, 3.8) is 0 Å². The monoisotopic (exact) mass is 263 g/mol. The minimum Gasteiger partial charge on any atom is -0.497 e. The molecule has 1 aliphatic rings. The quantitative estimate of drug-likeness (QED) is 0.793. The highest BCUT2D eigenvalue weighted by Crippen LogP contribution is 2.39. The predicted octanol–water partition coefficient (Wildman–Crippen LogP) is 2.38. The molecule has 0 aliphatic heterocycles. The van der Waals surface area contributed by atoms with Gasteiger partial charge in [0.25, 0.3) is 0 Å². The maximum Gasteiger partial charge on any atom is 0.118 e. The molecule has 1 aromatic rings. The van der Waals surface area contributed by atoms with E-state index in [0.29, 0.717) is 12.0 Å². The van der Waals surface area contributed by atoms with Gasteiger partial charge in [-0.2, -0.15) is 0 Å². The third-order valence-corrected chi connectivity index (χ3v) is 4.08. The molecule has 1 saturated carbocycles. The van der Waals surface area contributed by atoms with Gasteiger partial charge in [0.1, 0.15) is 5.75 Å². The summed E-state index contributed by atoms with van der Waals surface area (Å²) in [6.07, 6.45) is 3.44. The smallest absolute Gasteiger partial charge is 0.118 e. The van der Waals surface area contributed by atoms with Gasteiger partial charge < -0.3 is 15.2 Å². The molecule has 0 radical (unpaired) electrons. The van der Waals surface area contributed by atoms with Gasteiger partial charge in [-0.3, -0.25) is 0 Å². The molecule has 0 amide bonds. The van der Waals surface area contributed by atoms with Crippen LogP contribution < -0.4 is 10.1 Å². The van der Waals surface area contributed by atoms with Gasteiger partial charge in [0.2, 0.25) is 0 Å². The third-order valence-electron chi connectivity index (χ3n) is 4.08. The summed E-state index contributed by atoms with van der Waals surface area (Å²) in [6, 6.07) is 8.54. The number of ether oxygens (including phenoxy) is 1. The Hall–Kier alpha value is -1.06. The normalized spacial score (nSPS) is 19.8. The minimum atomic E-state index is -0.119. The molecule has 19 heavy (non-hydrogen) atoms. The Kier molecular flexibility index (Phi) is 4.48. The van der Waals surface area contributed by atoms with Crippen LogP contribution in [0.3, 0.4) is 0 Å². The first-order valence-electron chi connectivity index (χ1n) is 7.09. The number of benzene rings is 1. The zero-order chi connectivity index (χ0) is 13.9. The molecule has 0 aromatic heterocycles. The van der Waals surface area contributed by atoms with Crippen molar-refractivity contribution in [3.05, 3.63) is 29.8 Å². The Labute approximate surface area is 116 Å². The van der Waals surface area contributed by atoms with Gasteiger partial charge in [-0.05, 0) is 56.7 Å². The van der Waals surface area contributed by atoms with E-state index in [-0.39, 0.29) is 12.1 Å². The second kappa shape index (κ2) is 5.93. The topological polar surface area (TPSA) is 41.5 Å². The maximum atomic E-state index is 9.60. The maximum absolute atomic E-state index is 9.60. The molecule has 0 spiro atoms. The zero-order valence-electron chi connectivity index (χ0n) is 12.1. The van der Waals surface area contributed by atoms with Crippen LogP contribution >= 0.6 is 0 Å². The molecule has 1 aromatic carbocycles. The van der Waals surface area contributed by atoms with E-state index in [1.165, 1.54) is 18.4 Å². The van der Waals surface area contributed by atoms with Crippen molar-refractivity contribution in [3.8, 4) is 5.75 Å². The molecule has 3 heteroatoms. The van der Waals surface area contributed by atoms with Gasteiger partial charge in [-0.1, -0.05) is 12.1 Å². The van der Waals surface area contributed by atoms with Crippen molar-refractivity contribution in [1.82, 2.24) is 5.32 Å². The molecule has 0 bridgehead atoms. The first kappa shape index (κ1) is 14.4. The lowest BCUT2D eigenvalue weighted by atomic mass is 9.94. The molecule has 106 valence electrons. The second-order valence-electron chi connectivity index (χ2n) is 5.95. The first-order valence-corrected chi connectivity index (χ1v) is 7.09. The lowest BCUT2D eigenvalue weighted by Gasteiger charge is -2.32. The van der Waals surface area contributed by atoms with Crippen molar-refractivity contribution in [2.45, 2.75) is 44.7 Å². The number of aliphatic hydroxyl groups excluding tert-OH is 1. The van der Waals surface area contributed by atoms with Gasteiger partial charge in [-0.25, -0.2) is 0 Å². The molecule has 0 heterocycles. The summed E-state index contributed by atoms with van der Waals surface area (Å²) in [5, 5.41) is 13.2. The van der Waals surface area contributed by atoms with Crippen LogP contribution in [0.4, 0.5) is 0 Å². The van der Waals surface area contributed by atoms with E-state index in [0.717, 1.165) is 12.2 Å². The average Bonchev–Trinajstić information content (AvgIpc) is 3.24. The molecule has 2 N–H and O–H groups in total. The summed E-state index contributed by atoms with van der Waals surface area (Å²) >= 11 is 0. The summed E-state index contributed by atoms with van der Waals surface area (Å²) < 4.78 is 5.16. The Balaban J connectivity index is 1.90. The Morgan fingerprint density at radius 1 is 1.37 bits per heavy atom. The Bertz CT molecular complexity index is 400. The molecule has 1 fully saturated rings. The molecule has 2 rings (SSSR count). The summed E-state index contributed by atoms with van der Waals surface area (Å²) in [7, 11) is 1.68. The van der Waals surface area contributed by atoms with Crippen LogP contribution in [-0.2, 0) is 6.42 Å². The molecular formula is C16H25NO2. The first-order chi connectivity index (χ1) is 9.07. The Morgan fingerprint density at radius 2 is 2.00 bits per heavy atom. The molecular weight excluding hydrogens is 238 g/mol. The highest BCUT2D eigenvalue weighted by molar-refractivity contribution is 5.27. The third kappa shape index (κ3) is 3.71. The van der Waals surface area contributed by atoms with E-state index in [1.807, 2.05) is 12.1 Å². The summed E-state index contributed by atoms with van der Waals surface area (Å²) in [6.45, 7) is 4.53. The number of methoxy groups -OCH3 is 1. The minimum absolute atomic E-state index is 0.119. The van der Waals surface area contributed by atoms with Crippen LogP contribution in [0.15, 0.2) is 24.3 Å². The molecule has 2 atom stereocenters. The van der Waals surface area contributed by atoms with Crippen LogP contribution in [0.5, 0.6) is 5.75 Å². The standard InChI is InChI=1S/C16H25NO2/c1-12(17-16(2,11-18)14-6-7-14)10-13-4-8-15(19-3)9-5-13/h4-5,8-9,12,14,17-18H,6-7,10-11H2,1-3H3. The largest absolute Gasteiger partial charge is 0.497 e. The van der Waals surface area contributed by atoms with E-state index in [9.17, 15) is 5.11 Å². The molecule has 1 aliphatic carbocycles. The summed E-state index contributed by atoms with van der Waals surface area (Å²) in [4.78, 5) is 0. The number of hydrogen-bond acceptors (Lipinski definition) is 3. The van der Waals surface area contributed by atoms with Crippen molar-refractivity contribution < 1.29 is 9.84 Å². The highest BCUT2D eigenvalue weighted by atomic mass is 16.5. The molecule has 2 unspecified atom stereocenters. The van der Waals surface area contributed by atoms with Crippen molar-refractivity contribution >= 4 is 0 Å². The van der Waals surface area contributed by atoms with Gasteiger partial charge in [0.15, 0.2) is 0 Å². The second-order valence-corrected chi connectivity index (χ2v) is 5.95. The predicted molar refractivity (Wildman–Crippen MR) is 77.5 cm³/mol. The van der Waals surface area contributed by atoms with Crippen molar-refractivity contribution in [2.24, 2.45) is 5.92 Å². The zero-order valence-corrected chi connectivity index (χ0v) is 12.1.